The van der Waals surface area contributed by atoms with Crippen molar-refractivity contribution in [2.75, 3.05) is 0 Å². The van der Waals surface area contributed by atoms with Crippen LogP contribution in [0.4, 0.5) is 0 Å². The smallest absolute Gasteiger partial charge is 0.167 e. The minimum absolute atomic E-state index is 0.199. The standard InChI is InChI=1S/C12H24O2/c1-7-8-9-12(6)13-10(2,3)11(4,5)14-12/h7-9H2,1-6H3. The summed E-state index contributed by atoms with van der Waals surface area (Å²) >= 11 is 0. The molecule has 1 fully saturated rings. The summed E-state index contributed by atoms with van der Waals surface area (Å²) in [6.45, 7) is 12.6. The molecule has 1 aliphatic rings. The Morgan fingerprint density at radius 2 is 1.29 bits per heavy atom. The molecule has 1 heterocycles. The highest BCUT2D eigenvalue weighted by molar-refractivity contribution is 4.97. The molecular formula is C12H24O2. The predicted octanol–water partition coefficient (Wildman–Crippen LogP) is 3.50. The summed E-state index contributed by atoms with van der Waals surface area (Å²) in [7, 11) is 0. The van der Waals surface area contributed by atoms with Crippen molar-refractivity contribution in [1.29, 1.82) is 0 Å². The van der Waals surface area contributed by atoms with Crippen LogP contribution >= 0.6 is 0 Å². The Hall–Kier alpha value is -0.0800. The molecule has 84 valence electrons. The minimum atomic E-state index is -0.386. The summed E-state index contributed by atoms with van der Waals surface area (Å²) < 4.78 is 12.1. The Labute approximate surface area is 88.0 Å². The summed E-state index contributed by atoms with van der Waals surface area (Å²) in [5, 5.41) is 0. The Morgan fingerprint density at radius 3 is 1.64 bits per heavy atom. The molecule has 0 aromatic heterocycles. The first-order chi connectivity index (χ1) is 6.22. The first kappa shape index (κ1) is 12.0. The fraction of sp³-hybridized carbons (Fsp3) is 1.00. The summed E-state index contributed by atoms with van der Waals surface area (Å²) in [5.74, 6) is -0.386. The summed E-state index contributed by atoms with van der Waals surface area (Å²) in [6.07, 6.45) is 3.32. The first-order valence-electron chi connectivity index (χ1n) is 5.63. The molecule has 0 amide bonds. The van der Waals surface area contributed by atoms with Crippen molar-refractivity contribution < 1.29 is 9.47 Å². The van der Waals surface area contributed by atoms with Crippen LogP contribution in [-0.4, -0.2) is 17.0 Å². The number of hydrogen-bond acceptors (Lipinski definition) is 2. The van der Waals surface area contributed by atoms with Gasteiger partial charge in [-0.2, -0.15) is 0 Å². The van der Waals surface area contributed by atoms with Crippen molar-refractivity contribution in [2.45, 2.75) is 77.8 Å². The first-order valence-corrected chi connectivity index (χ1v) is 5.63. The second-order valence-corrected chi connectivity index (χ2v) is 5.46. The third-order valence-corrected chi connectivity index (χ3v) is 3.38. The highest BCUT2D eigenvalue weighted by Gasteiger charge is 2.54. The molecule has 0 aromatic rings. The van der Waals surface area contributed by atoms with E-state index in [-0.39, 0.29) is 17.0 Å². The van der Waals surface area contributed by atoms with E-state index >= 15 is 0 Å². The third-order valence-electron chi connectivity index (χ3n) is 3.38. The third kappa shape index (κ3) is 2.12. The highest BCUT2D eigenvalue weighted by Crippen LogP contribution is 2.45. The van der Waals surface area contributed by atoms with Gasteiger partial charge >= 0.3 is 0 Å². The zero-order chi connectivity index (χ0) is 11.0. The van der Waals surface area contributed by atoms with Crippen LogP contribution in [0.3, 0.4) is 0 Å². The molecule has 0 N–H and O–H groups in total. The quantitative estimate of drug-likeness (QED) is 0.694. The van der Waals surface area contributed by atoms with Gasteiger partial charge in [0.1, 0.15) is 0 Å². The Morgan fingerprint density at radius 1 is 0.857 bits per heavy atom. The van der Waals surface area contributed by atoms with Crippen molar-refractivity contribution in [1.82, 2.24) is 0 Å². The van der Waals surface area contributed by atoms with Crippen LogP contribution in [0.15, 0.2) is 0 Å². The van der Waals surface area contributed by atoms with E-state index in [1.807, 2.05) is 0 Å². The molecule has 2 heteroatoms. The SMILES string of the molecule is CCCCC1(C)OC(C)(C)C(C)(C)O1. The van der Waals surface area contributed by atoms with Crippen LogP contribution in [0.5, 0.6) is 0 Å². The van der Waals surface area contributed by atoms with Gasteiger partial charge in [-0.1, -0.05) is 13.3 Å². The summed E-state index contributed by atoms with van der Waals surface area (Å²) in [4.78, 5) is 0. The van der Waals surface area contributed by atoms with Gasteiger partial charge in [0, 0.05) is 6.42 Å². The Balaban J connectivity index is 2.70. The lowest BCUT2D eigenvalue weighted by molar-refractivity contribution is -0.182. The van der Waals surface area contributed by atoms with E-state index in [0.717, 1.165) is 12.8 Å². The van der Waals surface area contributed by atoms with Gasteiger partial charge in [-0.15, -0.1) is 0 Å². The van der Waals surface area contributed by atoms with Crippen molar-refractivity contribution in [3.63, 3.8) is 0 Å². The van der Waals surface area contributed by atoms with Crippen LogP contribution in [0.25, 0.3) is 0 Å². The number of unbranched alkanes of at least 4 members (excludes halogenated alkanes) is 1. The molecule has 0 bridgehead atoms. The normalized spacial score (nSPS) is 27.9. The van der Waals surface area contributed by atoms with Gasteiger partial charge in [0.05, 0.1) is 11.2 Å². The maximum Gasteiger partial charge on any atom is 0.167 e. The van der Waals surface area contributed by atoms with Crippen LogP contribution in [0.1, 0.15) is 60.8 Å². The van der Waals surface area contributed by atoms with Gasteiger partial charge < -0.3 is 9.47 Å². The molecule has 1 saturated heterocycles. The summed E-state index contributed by atoms with van der Waals surface area (Å²) in [5.41, 5.74) is -0.398. The average Bonchev–Trinajstić information content (AvgIpc) is 2.13. The van der Waals surface area contributed by atoms with E-state index in [2.05, 4.69) is 41.5 Å². The Kier molecular flexibility index (Phi) is 2.99. The molecule has 1 aliphatic heterocycles. The van der Waals surface area contributed by atoms with Crippen LogP contribution in [-0.2, 0) is 9.47 Å². The van der Waals surface area contributed by atoms with Crippen LogP contribution in [0.2, 0.25) is 0 Å². The van der Waals surface area contributed by atoms with E-state index in [4.69, 9.17) is 9.47 Å². The minimum Gasteiger partial charge on any atom is -0.341 e. The molecule has 0 aromatic carbocycles. The zero-order valence-electron chi connectivity index (χ0n) is 10.4. The molecule has 0 saturated carbocycles. The average molecular weight is 200 g/mol. The summed E-state index contributed by atoms with van der Waals surface area (Å²) in [6, 6.07) is 0. The highest BCUT2D eigenvalue weighted by atomic mass is 16.8. The van der Waals surface area contributed by atoms with E-state index < -0.39 is 0 Å². The fourth-order valence-electron chi connectivity index (χ4n) is 1.95. The van der Waals surface area contributed by atoms with Crippen molar-refractivity contribution >= 4 is 0 Å². The maximum atomic E-state index is 6.03. The molecule has 2 nitrogen and oxygen atoms in total. The van der Waals surface area contributed by atoms with Crippen molar-refractivity contribution in [3.05, 3.63) is 0 Å². The lowest BCUT2D eigenvalue weighted by Gasteiger charge is -2.30. The van der Waals surface area contributed by atoms with Gasteiger partial charge in [-0.3, -0.25) is 0 Å². The lowest BCUT2D eigenvalue weighted by atomic mass is 9.90. The van der Waals surface area contributed by atoms with E-state index in [1.165, 1.54) is 6.42 Å². The lowest BCUT2D eigenvalue weighted by Crippen LogP contribution is -2.41. The zero-order valence-corrected chi connectivity index (χ0v) is 10.4. The molecule has 0 atom stereocenters. The van der Waals surface area contributed by atoms with Gasteiger partial charge in [0.2, 0.25) is 0 Å². The second-order valence-electron chi connectivity index (χ2n) is 5.46. The number of ether oxygens (including phenoxy) is 2. The van der Waals surface area contributed by atoms with Gasteiger partial charge in [-0.05, 0) is 41.0 Å². The largest absolute Gasteiger partial charge is 0.341 e. The van der Waals surface area contributed by atoms with Crippen molar-refractivity contribution in [3.8, 4) is 0 Å². The molecule has 1 rings (SSSR count). The predicted molar refractivity (Wildman–Crippen MR) is 58.3 cm³/mol. The van der Waals surface area contributed by atoms with E-state index in [9.17, 15) is 0 Å². The second kappa shape index (κ2) is 3.49. The topological polar surface area (TPSA) is 18.5 Å². The molecule has 0 aliphatic carbocycles. The molecule has 14 heavy (non-hydrogen) atoms. The van der Waals surface area contributed by atoms with Crippen molar-refractivity contribution in [2.24, 2.45) is 0 Å². The molecule has 0 unspecified atom stereocenters. The van der Waals surface area contributed by atoms with Gasteiger partial charge in [0.15, 0.2) is 5.79 Å². The van der Waals surface area contributed by atoms with E-state index in [0.29, 0.717) is 0 Å². The molecular weight excluding hydrogens is 176 g/mol. The number of hydrogen-bond donors (Lipinski definition) is 0. The maximum absolute atomic E-state index is 6.03. The molecule has 0 spiro atoms. The molecule has 0 radical (unpaired) electrons. The van der Waals surface area contributed by atoms with Crippen LogP contribution in [0, 0.1) is 0 Å². The van der Waals surface area contributed by atoms with Gasteiger partial charge in [0.25, 0.3) is 0 Å². The fourth-order valence-corrected chi connectivity index (χ4v) is 1.95. The Bertz CT molecular complexity index is 190. The van der Waals surface area contributed by atoms with E-state index in [1.54, 1.807) is 0 Å². The van der Waals surface area contributed by atoms with Crippen LogP contribution < -0.4 is 0 Å². The monoisotopic (exact) mass is 200 g/mol. The number of rotatable bonds is 3. The van der Waals surface area contributed by atoms with Gasteiger partial charge in [-0.25, -0.2) is 0 Å².